The Morgan fingerprint density at radius 3 is 2.92 bits per heavy atom. The van der Waals surface area contributed by atoms with Crippen LogP contribution in [0.1, 0.15) is 56.1 Å². The summed E-state index contributed by atoms with van der Waals surface area (Å²) >= 11 is 0. The Balaban J connectivity index is 1.38. The van der Waals surface area contributed by atoms with E-state index in [4.69, 9.17) is 9.15 Å². The largest absolute Gasteiger partial charge is 0.422 e. The molecule has 2 aliphatic rings. The number of piperidine rings is 1. The lowest BCUT2D eigenvalue weighted by molar-refractivity contribution is -0.0178. The van der Waals surface area contributed by atoms with E-state index in [2.05, 4.69) is 40.2 Å². The molecule has 0 spiro atoms. The summed E-state index contributed by atoms with van der Waals surface area (Å²) in [4.78, 5) is 2.45. The van der Waals surface area contributed by atoms with Crippen molar-refractivity contribution in [3.8, 4) is 0 Å². The molecule has 2 aliphatic heterocycles. The Morgan fingerprint density at radius 1 is 1.33 bits per heavy atom. The molecule has 3 atom stereocenters. The number of aromatic nitrogens is 4. The molecule has 2 saturated heterocycles. The van der Waals surface area contributed by atoms with Crippen LogP contribution in [0.15, 0.2) is 16.8 Å². The Bertz CT molecular complexity index is 695. The van der Waals surface area contributed by atoms with E-state index < -0.39 is 0 Å². The minimum absolute atomic E-state index is 0.0432. The van der Waals surface area contributed by atoms with Crippen molar-refractivity contribution in [3.63, 3.8) is 0 Å². The van der Waals surface area contributed by atoms with Crippen molar-refractivity contribution in [3.05, 3.63) is 29.7 Å². The maximum Gasteiger partial charge on any atom is 0.245 e. The SMILES string of the molecule is CC(C)c1nnc([C@H]2C[C@H]3CCN(Cc4cnn(C)c4)C[C@@H]3O2)o1. The molecule has 0 aliphatic carbocycles. The van der Waals surface area contributed by atoms with Crippen LogP contribution in [0.25, 0.3) is 0 Å². The summed E-state index contributed by atoms with van der Waals surface area (Å²) in [6.07, 6.45) is 6.39. The predicted molar refractivity (Wildman–Crippen MR) is 87.2 cm³/mol. The zero-order chi connectivity index (χ0) is 16.7. The molecule has 7 nitrogen and oxygen atoms in total. The lowest BCUT2D eigenvalue weighted by Gasteiger charge is -2.33. The zero-order valence-corrected chi connectivity index (χ0v) is 14.6. The van der Waals surface area contributed by atoms with Gasteiger partial charge in [0.05, 0.1) is 12.3 Å². The van der Waals surface area contributed by atoms with Crippen molar-refractivity contribution in [1.29, 1.82) is 0 Å². The Labute approximate surface area is 142 Å². The first-order valence-corrected chi connectivity index (χ1v) is 8.77. The van der Waals surface area contributed by atoms with E-state index in [1.54, 1.807) is 0 Å². The fraction of sp³-hybridized carbons (Fsp3) is 0.706. The number of aryl methyl sites for hydroxylation is 1. The van der Waals surface area contributed by atoms with E-state index in [1.165, 1.54) is 5.56 Å². The first kappa shape index (κ1) is 15.8. The monoisotopic (exact) mass is 331 g/mol. The predicted octanol–water partition coefficient (Wildman–Crippen LogP) is 2.28. The van der Waals surface area contributed by atoms with Gasteiger partial charge in [0.2, 0.25) is 11.8 Å². The van der Waals surface area contributed by atoms with Crippen molar-refractivity contribution in [2.24, 2.45) is 13.0 Å². The van der Waals surface area contributed by atoms with Gasteiger partial charge >= 0.3 is 0 Å². The highest BCUT2D eigenvalue weighted by Gasteiger charge is 2.41. The minimum atomic E-state index is -0.0432. The highest BCUT2D eigenvalue weighted by atomic mass is 16.5. The molecule has 0 radical (unpaired) electrons. The molecule has 2 aromatic rings. The lowest BCUT2D eigenvalue weighted by Crippen LogP contribution is -2.41. The van der Waals surface area contributed by atoms with E-state index in [-0.39, 0.29) is 18.1 Å². The standard InChI is InChI=1S/C17H25N5O2/c1-11(2)16-19-20-17(24-16)14-6-13-4-5-22(10-15(13)23-14)9-12-7-18-21(3)8-12/h7-8,11,13-15H,4-6,9-10H2,1-3H3/t13-,14-,15+/m1/s1. The molecule has 0 aromatic carbocycles. The zero-order valence-electron chi connectivity index (χ0n) is 14.6. The highest BCUT2D eigenvalue weighted by molar-refractivity contribution is 5.04. The van der Waals surface area contributed by atoms with E-state index >= 15 is 0 Å². The third-order valence-corrected chi connectivity index (χ3v) is 5.03. The smallest absolute Gasteiger partial charge is 0.245 e. The van der Waals surface area contributed by atoms with Gasteiger partial charge in [0.25, 0.3) is 0 Å². The summed E-state index contributed by atoms with van der Waals surface area (Å²) in [5.41, 5.74) is 1.25. The maximum absolute atomic E-state index is 6.26. The van der Waals surface area contributed by atoms with Gasteiger partial charge in [0.15, 0.2) is 0 Å². The summed E-state index contributed by atoms with van der Waals surface area (Å²) in [6.45, 7) is 7.11. The number of nitrogens with zero attached hydrogens (tertiary/aromatic N) is 5. The molecule has 0 saturated carbocycles. The van der Waals surface area contributed by atoms with Gasteiger partial charge in [0.1, 0.15) is 6.10 Å². The molecule has 0 N–H and O–H groups in total. The van der Waals surface area contributed by atoms with Crippen LogP contribution in [-0.2, 0) is 18.3 Å². The van der Waals surface area contributed by atoms with Gasteiger partial charge in [0, 0.05) is 37.8 Å². The molecule has 24 heavy (non-hydrogen) atoms. The van der Waals surface area contributed by atoms with Crippen LogP contribution in [0.5, 0.6) is 0 Å². The van der Waals surface area contributed by atoms with Crippen LogP contribution >= 0.6 is 0 Å². The van der Waals surface area contributed by atoms with Crippen LogP contribution in [0.4, 0.5) is 0 Å². The van der Waals surface area contributed by atoms with Gasteiger partial charge in [-0.1, -0.05) is 13.8 Å². The van der Waals surface area contributed by atoms with Gasteiger partial charge < -0.3 is 9.15 Å². The average Bonchev–Trinajstić information content (AvgIpc) is 3.25. The first-order valence-electron chi connectivity index (χ1n) is 8.77. The molecule has 130 valence electrons. The fourth-order valence-corrected chi connectivity index (χ4v) is 3.72. The summed E-state index contributed by atoms with van der Waals surface area (Å²) in [7, 11) is 1.95. The minimum Gasteiger partial charge on any atom is -0.422 e. The number of likely N-dealkylation sites (tertiary alicyclic amines) is 1. The second kappa shape index (κ2) is 6.29. The molecule has 0 unspecified atom stereocenters. The maximum atomic E-state index is 6.26. The Kier molecular flexibility index (Phi) is 4.14. The average molecular weight is 331 g/mol. The Hall–Kier alpha value is -1.73. The normalized spacial score (nSPS) is 27.8. The molecule has 4 heterocycles. The molecule has 4 rings (SSSR count). The second-order valence-corrected chi connectivity index (χ2v) is 7.34. The van der Waals surface area contributed by atoms with E-state index in [1.807, 2.05) is 17.9 Å². The van der Waals surface area contributed by atoms with Crippen molar-refractivity contribution in [1.82, 2.24) is 24.9 Å². The van der Waals surface area contributed by atoms with Crippen LogP contribution in [0.3, 0.4) is 0 Å². The molecular weight excluding hydrogens is 306 g/mol. The third-order valence-electron chi connectivity index (χ3n) is 5.03. The van der Waals surface area contributed by atoms with Crippen molar-refractivity contribution in [2.45, 2.75) is 51.4 Å². The van der Waals surface area contributed by atoms with E-state index in [9.17, 15) is 0 Å². The number of ether oxygens (including phenoxy) is 1. The summed E-state index contributed by atoms with van der Waals surface area (Å²) in [5.74, 6) is 2.19. The quantitative estimate of drug-likeness (QED) is 0.856. The highest BCUT2D eigenvalue weighted by Crippen LogP contribution is 2.41. The summed E-state index contributed by atoms with van der Waals surface area (Å²) in [6, 6.07) is 0. The number of hydrogen-bond acceptors (Lipinski definition) is 6. The van der Waals surface area contributed by atoms with Crippen LogP contribution in [-0.4, -0.2) is 44.1 Å². The third kappa shape index (κ3) is 3.10. The topological polar surface area (TPSA) is 69.2 Å². The fourth-order valence-electron chi connectivity index (χ4n) is 3.72. The molecule has 2 fully saturated rings. The van der Waals surface area contributed by atoms with Crippen molar-refractivity contribution in [2.75, 3.05) is 13.1 Å². The number of rotatable bonds is 4. The van der Waals surface area contributed by atoms with Crippen LogP contribution in [0, 0.1) is 5.92 Å². The number of hydrogen-bond donors (Lipinski definition) is 0. The summed E-state index contributed by atoms with van der Waals surface area (Å²) in [5, 5.41) is 12.6. The number of fused-ring (bicyclic) bond motifs is 1. The molecule has 0 bridgehead atoms. The first-order chi connectivity index (χ1) is 11.6. The van der Waals surface area contributed by atoms with Crippen LogP contribution in [0.2, 0.25) is 0 Å². The van der Waals surface area contributed by atoms with Crippen molar-refractivity contribution < 1.29 is 9.15 Å². The van der Waals surface area contributed by atoms with Gasteiger partial charge in [-0.05, 0) is 25.3 Å². The van der Waals surface area contributed by atoms with Gasteiger partial charge in [-0.25, -0.2) is 0 Å². The van der Waals surface area contributed by atoms with Crippen LogP contribution < -0.4 is 0 Å². The molecule has 7 heteroatoms. The van der Waals surface area contributed by atoms with E-state index in [0.29, 0.717) is 17.7 Å². The molecule has 2 aromatic heterocycles. The van der Waals surface area contributed by atoms with Gasteiger partial charge in [-0.2, -0.15) is 5.10 Å². The van der Waals surface area contributed by atoms with Gasteiger partial charge in [-0.3, -0.25) is 9.58 Å². The second-order valence-electron chi connectivity index (χ2n) is 7.34. The molecular formula is C17H25N5O2. The Morgan fingerprint density at radius 2 is 2.21 bits per heavy atom. The van der Waals surface area contributed by atoms with E-state index in [0.717, 1.165) is 32.5 Å². The summed E-state index contributed by atoms with van der Waals surface area (Å²) < 4.78 is 13.9. The molecule has 0 amide bonds. The van der Waals surface area contributed by atoms with Gasteiger partial charge in [-0.15, -0.1) is 10.2 Å². The van der Waals surface area contributed by atoms with Crippen molar-refractivity contribution >= 4 is 0 Å². The lowest BCUT2D eigenvalue weighted by atomic mass is 9.91.